The Morgan fingerprint density at radius 3 is 2.90 bits per heavy atom. The van der Waals surface area contributed by atoms with Gasteiger partial charge < -0.3 is 10.0 Å². The molecule has 1 aromatic rings. The van der Waals surface area contributed by atoms with E-state index in [1.165, 1.54) is 12.5 Å². The summed E-state index contributed by atoms with van der Waals surface area (Å²) < 4.78 is 0. The van der Waals surface area contributed by atoms with E-state index in [9.17, 15) is 9.59 Å². The SMILES string of the molecule is O=C(O)/C=C/c1cccnc1C(=O)N1CC2CCC1C2. The molecule has 104 valence electrons. The van der Waals surface area contributed by atoms with Crippen molar-refractivity contribution in [2.24, 2.45) is 5.92 Å². The Labute approximate surface area is 116 Å². The first-order chi connectivity index (χ1) is 9.65. The van der Waals surface area contributed by atoms with E-state index in [0.29, 0.717) is 23.2 Å². The molecule has 20 heavy (non-hydrogen) atoms. The molecular formula is C15H16N2O3. The number of hydrogen-bond acceptors (Lipinski definition) is 3. The van der Waals surface area contributed by atoms with Crippen molar-refractivity contribution >= 4 is 18.0 Å². The summed E-state index contributed by atoms with van der Waals surface area (Å²) in [5.74, 6) is -0.485. The molecule has 5 nitrogen and oxygen atoms in total. The number of amides is 1. The molecule has 5 heteroatoms. The number of carboxylic acid groups (broad SMARTS) is 1. The van der Waals surface area contributed by atoms with E-state index in [-0.39, 0.29) is 5.91 Å². The number of pyridine rings is 1. The predicted molar refractivity (Wildman–Crippen MR) is 73.1 cm³/mol. The van der Waals surface area contributed by atoms with Gasteiger partial charge in [0, 0.05) is 30.4 Å². The third kappa shape index (κ3) is 2.31. The molecule has 2 aliphatic rings. The lowest BCUT2D eigenvalue weighted by Crippen LogP contribution is -2.38. The van der Waals surface area contributed by atoms with E-state index < -0.39 is 5.97 Å². The van der Waals surface area contributed by atoms with Crippen LogP contribution in [-0.4, -0.2) is 39.5 Å². The maximum absolute atomic E-state index is 12.6. The molecule has 1 saturated carbocycles. The molecule has 2 fully saturated rings. The van der Waals surface area contributed by atoms with Crippen LogP contribution in [0.4, 0.5) is 0 Å². The van der Waals surface area contributed by atoms with Crippen LogP contribution in [0.25, 0.3) is 6.08 Å². The Bertz CT molecular complexity index is 582. The molecule has 2 heterocycles. The van der Waals surface area contributed by atoms with Gasteiger partial charge in [0.25, 0.3) is 5.91 Å². The molecule has 1 saturated heterocycles. The number of likely N-dealkylation sites (tertiary alicyclic amines) is 1. The number of fused-ring (bicyclic) bond motifs is 2. The number of carbonyl (C=O) groups is 2. The number of carboxylic acids is 1. The summed E-state index contributed by atoms with van der Waals surface area (Å²) in [6.45, 7) is 0.808. The zero-order chi connectivity index (χ0) is 14.1. The third-order valence-corrected chi connectivity index (χ3v) is 4.12. The molecule has 1 aromatic heterocycles. The molecule has 1 N–H and O–H groups in total. The van der Waals surface area contributed by atoms with Crippen molar-refractivity contribution in [3.05, 3.63) is 35.7 Å². The van der Waals surface area contributed by atoms with Gasteiger partial charge in [0.2, 0.25) is 0 Å². The van der Waals surface area contributed by atoms with Crippen LogP contribution in [0.5, 0.6) is 0 Å². The molecular weight excluding hydrogens is 256 g/mol. The summed E-state index contributed by atoms with van der Waals surface area (Å²) >= 11 is 0. The third-order valence-electron chi connectivity index (χ3n) is 4.12. The van der Waals surface area contributed by atoms with Crippen LogP contribution >= 0.6 is 0 Å². The van der Waals surface area contributed by atoms with Crippen molar-refractivity contribution < 1.29 is 14.7 Å². The number of aromatic nitrogens is 1. The summed E-state index contributed by atoms with van der Waals surface area (Å²) in [7, 11) is 0. The molecule has 0 spiro atoms. The highest BCUT2D eigenvalue weighted by Crippen LogP contribution is 2.38. The topological polar surface area (TPSA) is 70.5 Å². The molecule has 1 aliphatic heterocycles. The minimum atomic E-state index is -1.03. The zero-order valence-electron chi connectivity index (χ0n) is 11.0. The van der Waals surface area contributed by atoms with Crippen molar-refractivity contribution in [1.29, 1.82) is 0 Å². The van der Waals surface area contributed by atoms with E-state index in [1.54, 1.807) is 18.3 Å². The van der Waals surface area contributed by atoms with Crippen LogP contribution in [0, 0.1) is 5.92 Å². The Kier molecular flexibility index (Phi) is 3.26. The average molecular weight is 272 g/mol. The van der Waals surface area contributed by atoms with Gasteiger partial charge >= 0.3 is 5.97 Å². The van der Waals surface area contributed by atoms with Gasteiger partial charge in [0.1, 0.15) is 5.69 Å². The highest BCUT2D eigenvalue weighted by atomic mass is 16.4. The number of carbonyl (C=O) groups excluding carboxylic acids is 1. The first-order valence-electron chi connectivity index (χ1n) is 6.82. The Morgan fingerprint density at radius 2 is 2.25 bits per heavy atom. The van der Waals surface area contributed by atoms with Gasteiger partial charge in [-0.2, -0.15) is 0 Å². The second-order valence-electron chi connectivity index (χ2n) is 5.40. The molecule has 2 atom stereocenters. The first kappa shape index (κ1) is 12.8. The molecule has 2 unspecified atom stereocenters. The quantitative estimate of drug-likeness (QED) is 0.852. The van der Waals surface area contributed by atoms with Gasteiger partial charge in [0.15, 0.2) is 0 Å². The molecule has 1 aliphatic carbocycles. The van der Waals surface area contributed by atoms with Gasteiger partial charge in [0.05, 0.1) is 0 Å². The van der Waals surface area contributed by atoms with Gasteiger partial charge in [-0.25, -0.2) is 4.79 Å². The van der Waals surface area contributed by atoms with Crippen LogP contribution in [0.15, 0.2) is 24.4 Å². The van der Waals surface area contributed by atoms with Gasteiger partial charge in [-0.15, -0.1) is 0 Å². The largest absolute Gasteiger partial charge is 0.478 e. The van der Waals surface area contributed by atoms with E-state index in [0.717, 1.165) is 25.5 Å². The van der Waals surface area contributed by atoms with Gasteiger partial charge in [-0.05, 0) is 37.3 Å². The van der Waals surface area contributed by atoms with E-state index in [1.807, 2.05) is 4.90 Å². The Balaban J connectivity index is 1.86. The summed E-state index contributed by atoms with van der Waals surface area (Å²) in [6.07, 6.45) is 7.41. The van der Waals surface area contributed by atoms with Crippen molar-refractivity contribution in [2.45, 2.75) is 25.3 Å². The standard InChI is InChI=1S/C15H16N2O3/c18-13(19)6-4-11-2-1-7-16-14(11)15(20)17-9-10-3-5-12(17)8-10/h1-2,4,6-7,10,12H,3,5,8-9H2,(H,18,19)/b6-4+. The maximum Gasteiger partial charge on any atom is 0.328 e. The lowest BCUT2D eigenvalue weighted by Gasteiger charge is -2.27. The van der Waals surface area contributed by atoms with Crippen LogP contribution < -0.4 is 0 Å². The van der Waals surface area contributed by atoms with Crippen LogP contribution in [0.1, 0.15) is 35.3 Å². The number of piperidine rings is 1. The second kappa shape index (κ2) is 5.07. The van der Waals surface area contributed by atoms with Crippen molar-refractivity contribution in [1.82, 2.24) is 9.88 Å². The lowest BCUT2D eigenvalue weighted by molar-refractivity contribution is -0.131. The maximum atomic E-state index is 12.6. The normalized spacial score (nSPS) is 24.5. The number of rotatable bonds is 3. The highest BCUT2D eigenvalue weighted by molar-refractivity contribution is 5.97. The van der Waals surface area contributed by atoms with Crippen molar-refractivity contribution in [3.63, 3.8) is 0 Å². The van der Waals surface area contributed by atoms with E-state index in [4.69, 9.17) is 5.11 Å². The molecule has 2 bridgehead atoms. The number of nitrogens with zero attached hydrogens (tertiary/aromatic N) is 2. The van der Waals surface area contributed by atoms with Crippen LogP contribution in [0.3, 0.4) is 0 Å². The fourth-order valence-electron chi connectivity index (χ4n) is 3.20. The monoisotopic (exact) mass is 272 g/mol. The summed E-state index contributed by atoms with van der Waals surface area (Å²) in [5.41, 5.74) is 0.903. The number of aliphatic carboxylic acids is 1. The zero-order valence-corrected chi connectivity index (χ0v) is 11.0. The smallest absolute Gasteiger partial charge is 0.328 e. The number of hydrogen-bond donors (Lipinski definition) is 1. The van der Waals surface area contributed by atoms with Crippen LogP contribution in [-0.2, 0) is 4.79 Å². The highest BCUT2D eigenvalue weighted by Gasteiger charge is 2.41. The van der Waals surface area contributed by atoms with E-state index in [2.05, 4.69) is 4.98 Å². The van der Waals surface area contributed by atoms with Gasteiger partial charge in [-0.1, -0.05) is 6.07 Å². The average Bonchev–Trinajstić information content (AvgIpc) is 3.07. The summed E-state index contributed by atoms with van der Waals surface area (Å²) in [5, 5.41) is 8.70. The van der Waals surface area contributed by atoms with Crippen molar-refractivity contribution in [3.8, 4) is 0 Å². The fraction of sp³-hybridized carbons (Fsp3) is 0.400. The van der Waals surface area contributed by atoms with Crippen molar-refractivity contribution in [2.75, 3.05) is 6.54 Å². The van der Waals surface area contributed by atoms with Crippen LogP contribution in [0.2, 0.25) is 0 Å². The molecule has 3 rings (SSSR count). The lowest BCUT2D eigenvalue weighted by atomic mass is 10.1. The molecule has 0 radical (unpaired) electrons. The predicted octanol–water partition coefficient (Wildman–Crippen LogP) is 1.80. The minimum Gasteiger partial charge on any atom is -0.478 e. The Hall–Kier alpha value is -2.17. The van der Waals surface area contributed by atoms with Gasteiger partial charge in [-0.3, -0.25) is 9.78 Å². The second-order valence-corrected chi connectivity index (χ2v) is 5.40. The summed E-state index contributed by atoms with van der Waals surface area (Å²) in [6, 6.07) is 3.76. The summed E-state index contributed by atoms with van der Waals surface area (Å²) in [4.78, 5) is 29.2. The molecule has 0 aromatic carbocycles. The molecule has 1 amide bonds. The Morgan fingerprint density at radius 1 is 1.40 bits per heavy atom. The minimum absolute atomic E-state index is 0.0807. The van der Waals surface area contributed by atoms with E-state index >= 15 is 0 Å². The first-order valence-corrected chi connectivity index (χ1v) is 6.82. The fourth-order valence-corrected chi connectivity index (χ4v) is 3.20.